The summed E-state index contributed by atoms with van der Waals surface area (Å²) in [5.74, 6) is 0. The number of benzene rings is 1. The first-order valence-electron chi connectivity index (χ1n) is 7.60. The highest BCUT2D eigenvalue weighted by Gasteiger charge is 2.49. The lowest BCUT2D eigenvalue weighted by Gasteiger charge is -2.47. The molecule has 1 aromatic rings. The van der Waals surface area contributed by atoms with Crippen molar-refractivity contribution in [3.05, 3.63) is 35.9 Å². The Morgan fingerprint density at radius 3 is 2.50 bits per heavy atom. The molecular weight excluding hydrogens is 250 g/mol. The predicted octanol–water partition coefficient (Wildman–Crippen LogP) is 2.96. The zero-order valence-corrected chi connectivity index (χ0v) is 12.6. The molecule has 2 aliphatic heterocycles. The molecule has 20 heavy (non-hydrogen) atoms. The molecule has 1 aromatic carbocycles. The van der Waals surface area contributed by atoms with E-state index >= 15 is 0 Å². The molecule has 0 bridgehead atoms. The van der Waals surface area contributed by atoms with E-state index in [0.29, 0.717) is 12.6 Å². The number of fused-ring (bicyclic) bond motifs is 1. The molecule has 0 amide bonds. The maximum Gasteiger partial charge on any atom is 0.170 e. The molecule has 1 N–H and O–H groups in total. The summed E-state index contributed by atoms with van der Waals surface area (Å²) in [6.45, 7) is 7.46. The van der Waals surface area contributed by atoms with Gasteiger partial charge in [0.25, 0.3) is 0 Å². The Balaban J connectivity index is 1.94. The fourth-order valence-electron chi connectivity index (χ4n) is 3.81. The second-order valence-corrected chi connectivity index (χ2v) is 7.12. The van der Waals surface area contributed by atoms with Gasteiger partial charge in [-0.3, -0.25) is 4.90 Å². The largest absolute Gasteiger partial charge is 0.367 e. The van der Waals surface area contributed by atoms with Crippen LogP contribution in [0.3, 0.4) is 0 Å². The Bertz CT molecular complexity index is 454. The number of hydrogen-bond acceptors (Lipinski definition) is 3. The Morgan fingerprint density at radius 1 is 1.15 bits per heavy atom. The lowest BCUT2D eigenvalue weighted by Crippen LogP contribution is -2.54. The van der Waals surface area contributed by atoms with Crippen molar-refractivity contribution in [2.24, 2.45) is 5.41 Å². The highest BCUT2D eigenvalue weighted by Crippen LogP contribution is 2.44. The molecule has 4 atom stereocenters. The minimum Gasteiger partial charge on any atom is -0.367 e. The van der Waals surface area contributed by atoms with Crippen LogP contribution in [0, 0.1) is 5.41 Å². The molecule has 0 radical (unpaired) electrons. The molecule has 0 spiro atoms. The van der Waals surface area contributed by atoms with Crippen molar-refractivity contribution < 1.29 is 9.84 Å². The molecule has 0 aliphatic carbocycles. The first-order valence-corrected chi connectivity index (χ1v) is 7.60. The van der Waals surface area contributed by atoms with Crippen LogP contribution in [0.25, 0.3) is 0 Å². The Kier molecular flexibility index (Phi) is 3.61. The van der Waals surface area contributed by atoms with E-state index in [1.807, 2.05) is 6.07 Å². The lowest BCUT2D eigenvalue weighted by molar-refractivity contribution is -0.201. The summed E-state index contributed by atoms with van der Waals surface area (Å²) in [7, 11) is 0. The molecule has 3 nitrogen and oxygen atoms in total. The van der Waals surface area contributed by atoms with Crippen molar-refractivity contribution in [3.63, 3.8) is 0 Å². The van der Waals surface area contributed by atoms with E-state index in [1.54, 1.807) is 0 Å². The van der Waals surface area contributed by atoms with Gasteiger partial charge in [0, 0.05) is 6.04 Å². The summed E-state index contributed by atoms with van der Waals surface area (Å²) >= 11 is 0. The van der Waals surface area contributed by atoms with Crippen LogP contribution in [0.15, 0.2) is 30.3 Å². The van der Waals surface area contributed by atoms with Crippen LogP contribution in [-0.2, 0) is 4.74 Å². The highest BCUT2D eigenvalue weighted by atomic mass is 16.6. The molecular formula is C17H25NO2. The molecule has 1 unspecified atom stereocenters. The third-order valence-electron chi connectivity index (χ3n) is 4.78. The molecule has 2 saturated heterocycles. The summed E-state index contributed by atoms with van der Waals surface area (Å²) in [4.78, 5) is 2.52. The third kappa shape index (κ3) is 2.39. The van der Waals surface area contributed by atoms with E-state index in [9.17, 15) is 5.11 Å². The maximum atomic E-state index is 10.2. The van der Waals surface area contributed by atoms with Gasteiger partial charge in [-0.1, -0.05) is 51.1 Å². The van der Waals surface area contributed by atoms with Crippen molar-refractivity contribution in [3.8, 4) is 0 Å². The van der Waals surface area contributed by atoms with Gasteiger partial charge in [-0.25, -0.2) is 0 Å². The summed E-state index contributed by atoms with van der Waals surface area (Å²) in [5.41, 5.74) is 1.51. The van der Waals surface area contributed by atoms with E-state index in [-0.39, 0.29) is 17.5 Å². The average molecular weight is 275 g/mol. The van der Waals surface area contributed by atoms with Crippen LogP contribution < -0.4 is 0 Å². The highest BCUT2D eigenvalue weighted by molar-refractivity contribution is 5.21. The van der Waals surface area contributed by atoms with Crippen molar-refractivity contribution in [1.29, 1.82) is 0 Å². The van der Waals surface area contributed by atoms with Gasteiger partial charge in [0.05, 0.1) is 18.7 Å². The number of morpholine rings is 1. The first kappa shape index (κ1) is 14.1. The quantitative estimate of drug-likeness (QED) is 0.855. The summed E-state index contributed by atoms with van der Waals surface area (Å²) in [5, 5.41) is 10.2. The van der Waals surface area contributed by atoms with Gasteiger partial charge in [0.2, 0.25) is 0 Å². The van der Waals surface area contributed by atoms with Crippen molar-refractivity contribution in [1.82, 2.24) is 4.90 Å². The fraction of sp³-hybridized carbons (Fsp3) is 0.647. The molecule has 2 aliphatic rings. The lowest BCUT2D eigenvalue weighted by atomic mass is 9.84. The van der Waals surface area contributed by atoms with E-state index in [2.05, 4.69) is 49.9 Å². The van der Waals surface area contributed by atoms with Crippen molar-refractivity contribution in [2.75, 3.05) is 6.61 Å². The van der Waals surface area contributed by atoms with Gasteiger partial charge < -0.3 is 9.84 Å². The molecule has 0 saturated carbocycles. The number of nitrogens with zero attached hydrogens (tertiary/aromatic N) is 1. The van der Waals surface area contributed by atoms with Crippen LogP contribution in [0.4, 0.5) is 0 Å². The topological polar surface area (TPSA) is 32.7 Å². The number of hydrogen-bond donors (Lipinski definition) is 1. The third-order valence-corrected chi connectivity index (χ3v) is 4.78. The summed E-state index contributed by atoms with van der Waals surface area (Å²) in [6.07, 6.45) is 1.52. The minimum absolute atomic E-state index is 0.137. The van der Waals surface area contributed by atoms with E-state index < -0.39 is 6.29 Å². The second kappa shape index (κ2) is 5.14. The smallest absolute Gasteiger partial charge is 0.170 e. The molecule has 2 fully saturated rings. The monoisotopic (exact) mass is 275 g/mol. The number of aliphatic hydroxyl groups excluding tert-OH is 1. The van der Waals surface area contributed by atoms with Crippen molar-refractivity contribution in [2.45, 2.75) is 58.0 Å². The van der Waals surface area contributed by atoms with Gasteiger partial charge >= 0.3 is 0 Å². The fourth-order valence-corrected chi connectivity index (χ4v) is 3.81. The van der Waals surface area contributed by atoms with E-state index in [1.165, 1.54) is 5.56 Å². The van der Waals surface area contributed by atoms with Crippen LogP contribution in [0.5, 0.6) is 0 Å². The Morgan fingerprint density at radius 2 is 1.85 bits per heavy atom. The van der Waals surface area contributed by atoms with Gasteiger partial charge in [-0.05, 0) is 23.8 Å². The van der Waals surface area contributed by atoms with Gasteiger partial charge in [-0.2, -0.15) is 0 Å². The first-order chi connectivity index (χ1) is 9.48. The van der Waals surface area contributed by atoms with Crippen LogP contribution >= 0.6 is 0 Å². The Hall–Kier alpha value is -0.900. The van der Waals surface area contributed by atoms with Crippen LogP contribution in [0.2, 0.25) is 0 Å². The molecule has 0 aromatic heterocycles. The standard InChI is InChI=1S/C17H25NO2/c1-17(2,3)15-10-9-13-16(19)20-11-14(18(13)15)12-7-5-4-6-8-12/h4-8,13-16,19H,9-11H2,1-3H3/t13-,14+,15-,16?/m0/s1. The second-order valence-electron chi connectivity index (χ2n) is 7.12. The van der Waals surface area contributed by atoms with E-state index in [0.717, 1.165) is 12.8 Å². The van der Waals surface area contributed by atoms with Crippen molar-refractivity contribution >= 4 is 0 Å². The van der Waals surface area contributed by atoms with Crippen LogP contribution in [0.1, 0.15) is 45.2 Å². The number of aliphatic hydroxyl groups is 1. The normalized spacial score (nSPS) is 35.0. The van der Waals surface area contributed by atoms with Gasteiger partial charge in [0.15, 0.2) is 6.29 Å². The molecule has 3 heteroatoms. The zero-order valence-electron chi connectivity index (χ0n) is 12.6. The van der Waals surface area contributed by atoms with Gasteiger partial charge in [-0.15, -0.1) is 0 Å². The van der Waals surface area contributed by atoms with Gasteiger partial charge in [0.1, 0.15) is 0 Å². The van der Waals surface area contributed by atoms with Crippen LogP contribution in [-0.4, -0.2) is 35.0 Å². The number of rotatable bonds is 1. The predicted molar refractivity (Wildman–Crippen MR) is 79.2 cm³/mol. The SMILES string of the molecule is CC(C)(C)[C@@H]1CC[C@H]2C(O)OC[C@H](c3ccccc3)N12. The van der Waals surface area contributed by atoms with E-state index in [4.69, 9.17) is 4.74 Å². The summed E-state index contributed by atoms with van der Waals surface area (Å²) in [6, 6.07) is 11.4. The molecule has 3 rings (SSSR count). The number of ether oxygens (including phenoxy) is 1. The molecule has 110 valence electrons. The maximum absolute atomic E-state index is 10.2. The summed E-state index contributed by atoms with van der Waals surface area (Å²) < 4.78 is 5.63. The Labute approximate surface area is 121 Å². The average Bonchev–Trinajstić information content (AvgIpc) is 2.86. The zero-order chi connectivity index (χ0) is 14.3. The minimum atomic E-state index is -0.637. The molecule has 2 heterocycles.